The zero-order valence-electron chi connectivity index (χ0n) is 11.9. The van der Waals surface area contributed by atoms with Crippen LogP contribution in [0.4, 0.5) is 0 Å². The molecule has 0 atom stereocenters. The van der Waals surface area contributed by atoms with Crippen molar-refractivity contribution in [3.8, 4) is 5.75 Å². The van der Waals surface area contributed by atoms with Crippen LogP contribution in [0.5, 0.6) is 5.75 Å². The molecule has 1 amide bonds. The van der Waals surface area contributed by atoms with Gasteiger partial charge in [0.15, 0.2) is 0 Å². The lowest BCUT2D eigenvalue weighted by molar-refractivity contribution is 0.0948. The highest BCUT2D eigenvalue weighted by Crippen LogP contribution is 2.22. The maximum atomic E-state index is 12.1. The number of nitrogens with one attached hydrogen (secondary N) is 1. The van der Waals surface area contributed by atoms with E-state index in [1.807, 2.05) is 35.9 Å². The third kappa shape index (κ3) is 2.96. The van der Waals surface area contributed by atoms with Gasteiger partial charge in [0.2, 0.25) is 0 Å². The minimum Gasteiger partial charge on any atom is -0.507 e. The van der Waals surface area contributed by atoms with E-state index in [4.69, 9.17) is 0 Å². The topological polar surface area (TPSA) is 66.6 Å². The van der Waals surface area contributed by atoms with Crippen molar-refractivity contribution < 1.29 is 9.90 Å². The Morgan fingerprint density at radius 1 is 1.36 bits per heavy atom. The van der Waals surface area contributed by atoms with Crippen LogP contribution in [0.25, 0.3) is 5.65 Å². The van der Waals surface area contributed by atoms with Crippen LogP contribution in [0.15, 0.2) is 47.2 Å². The number of phenols is 1. The number of amides is 1. The molecule has 22 heavy (non-hydrogen) atoms. The number of aromatic nitrogens is 2. The van der Waals surface area contributed by atoms with Crippen molar-refractivity contribution in [2.75, 3.05) is 0 Å². The minimum absolute atomic E-state index is 0.0579. The van der Waals surface area contributed by atoms with Gasteiger partial charge in [-0.25, -0.2) is 4.98 Å². The quantitative estimate of drug-likeness (QED) is 0.755. The first kappa shape index (κ1) is 14.6. The Balaban J connectivity index is 1.74. The van der Waals surface area contributed by atoms with Gasteiger partial charge in [-0.15, -0.1) is 0 Å². The van der Waals surface area contributed by atoms with Crippen LogP contribution in [-0.4, -0.2) is 20.4 Å². The largest absolute Gasteiger partial charge is 0.507 e. The summed E-state index contributed by atoms with van der Waals surface area (Å²) in [6.07, 6.45) is 3.81. The number of halogens is 1. The zero-order valence-corrected chi connectivity index (χ0v) is 13.5. The molecule has 0 spiro atoms. The van der Waals surface area contributed by atoms with Gasteiger partial charge >= 0.3 is 0 Å². The molecule has 0 aliphatic heterocycles. The summed E-state index contributed by atoms with van der Waals surface area (Å²) in [5.41, 5.74) is 2.97. The van der Waals surface area contributed by atoms with Crippen LogP contribution < -0.4 is 5.32 Å². The van der Waals surface area contributed by atoms with Gasteiger partial charge in [0, 0.05) is 16.9 Å². The molecule has 0 unspecified atom stereocenters. The van der Waals surface area contributed by atoms with Crippen molar-refractivity contribution in [1.29, 1.82) is 0 Å². The number of carbonyl (C=O) groups is 1. The lowest BCUT2D eigenvalue weighted by Gasteiger charge is -2.05. The molecular weight excluding hydrogens is 346 g/mol. The van der Waals surface area contributed by atoms with Crippen LogP contribution in [0.2, 0.25) is 0 Å². The van der Waals surface area contributed by atoms with E-state index in [0.29, 0.717) is 6.54 Å². The zero-order chi connectivity index (χ0) is 15.7. The monoisotopic (exact) mass is 359 g/mol. The summed E-state index contributed by atoms with van der Waals surface area (Å²) < 4.78 is 2.63. The van der Waals surface area contributed by atoms with Crippen molar-refractivity contribution in [1.82, 2.24) is 14.7 Å². The molecule has 0 saturated carbocycles. The Labute approximate surface area is 135 Å². The summed E-state index contributed by atoms with van der Waals surface area (Å²) in [5.74, 6) is -0.393. The molecule has 0 fully saturated rings. The van der Waals surface area contributed by atoms with Crippen molar-refractivity contribution in [3.05, 3.63) is 64.0 Å². The first-order chi connectivity index (χ1) is 10.5. The summed E-state index contributed by atoms with van der Waals surface area (Å²) in [5, 5.41) is 12.6. The second-order valence-electron chi connectivity index (χ2n) is 5.05. The second kappa shape index (κ2) is 5.81. The average Bonchev–Trinajstić information content (AvgIpc) is 2.86. The smallest absolute Gasteiger partial charge is 0.255 e. The predicted molar refractivity (Wildman–Crippen MR) is 86.9 cm³/mol. The molecule has 1 aromatic carbocycles. The van der Waals surface area contributed by atoms with Gasteiger partial charge in [-0.2, -0.15) is 0 Å². The second-order valence-corrected chi connectivity index (χ2v) is 5.96. The molecule has 3 aromatic rings. The summed E-state index contributed by atoms with van der Waals surface area (Å²) >= 11 is 3.24. The van der Waals surface area contributed by atoms with Gasteiger partial charge in [0.25, 0.3) is 5.91 Å². The fourth-order valence-electron chi connectivity index (χ4n) is 2.18. The highest BCUT2D eigenvalue weighted by atomic mass is 79.9. The summed E-state index contributed by atoms with van der Waals surface area (Å²) in [7, 11) is 0. The molecule has 0 radical (unpaired) electrons. The molecule has 6 heteroatoms. The van der Waals surface area contributed by atoms with Gasteiger partial charge in [-0.05, 0) is 42.8 Å². The molecular formula is C16H14BrN3O2. The van der Waals surface area contributed by atoms with Crippen molar-refractivity contribution >= 4 is 27.5 Å². The maximum absolute atomic E-state index is 12.1. The molecule has 3 rings (SSSR count). The van der Waals surface area contributed by atoms with Crippen LogP contribution in [0.1, 0.15) is 21.6 Å². The van der Waals surface area contributed by atoms with Crippen LogP contribution >= 0.6 is 15.9 Å². The number of hydrogen-bond donors (Lipinski definition) is 2. The van der Waals surface area contributed by atoms with Gasteiger partial charge in [-0.3, -0.25) is 4.79 Å². The first-order valence-corrected chi connectivity index (χ1v) is 7.53. The number of phenolic OH excluding ortho intramolecular Hbond substituents is 1. The van der Waals surface area contributed by atoms with Gasteiger partial charge in [0.1, 0.15) is 11.4 Å². The van der Waals surface area contributed by atoms with Crippen molar-refractivity contribution in [2.24, 2.45) is 0 Å². The molecule has 2 aromatic heterocycles. The Bertz CT molecular complexity index is 858. The Kier molecular flexibility index (Phi) is 3.85. The van der Waals surface area contributed by atoms with Gasteiger partial charge < -0.3 is 14.8 Å². The van der Waals surface area contributed by atoms with Crippen LogP contribution in [0, 0.1) is 6.92 Å². The number of fused-ring (bicyclic) bond motifs is 1. The Hall–Kier alpha value is -2.34. The number of hydrogen-bond acceptors (Lipinski definition) is 3. The Morgan fingerprint density at radius 3 is 2.95 bits per heavy atom. The summed E-state index contributed by atoms with van der Waals surface area (Å²) in [6.45, 7) is 2.31. The molecule has 0 aliphatic carbocycles. The number of rotatable bonds is 3. The van der Waals surface area contributed by atoms with E-state index < -0.39 is 0 Å². The Morgan fingerprint density at radius 2 is 2.18 bits per heavy atom. The average molecular weight is 360 g/mol. The normalized spacial score (nSPS) is 10.8. The van der Waals surface area contributed by atoms with E-state index in [2.05, 4.69) is 26.2 Å². The van der Waals surface area contributed by atoms with E-state index in [1.54, 1.807) is 12.1 Å². The third-order valence-electron chi connectivity index (χ3n) is 3.30. The van der Waals surface area contributed by atoms with Gasteiger partial charge in [-0.1, -0.05) is 15.9 Å². The highest BCUT2D eigenvalue weighted by Gasteiger charge is 2.11. The molecule has 112 valence electrons. The number of pyridine rings is 1. The van der Waals surface area contributed by atoms with Crippen LogP contribution in [-0.2, 0) is 6.54 Å². The summed E-state index contributed by atoms with van der Waals surface area (Å²) in [4.78, 5) is 16.6. The molecule has 0 aliphatic rings. The maximum Gasteiger partial charge on any atom is 0.255 e. The van der Waals surface area contributed by atoms with Gasteiger partial charge in [0.05, 0.1) is 17.8 Å². The van der Waals surface area contributed by atoms with E-state index in [-0.39, 0.29) is 17.2 Å². The predicted octanol–water partition coefficient (Wildman–Crippen LogP) is 3.04. The third-order valence-corrected chi connectivity index (χ3v) is 3.79. The number of carbonyl (C=O) groups excluding carboxylic acids is 1. The highest BCUT2D eigenvalue weighted by molar-refractivity contribution is 9.10. The fourth-order valence-corrected chi connectivity index (χ4v) is 2.53. The number of benzene rings is 1. The van der Waals surface area contributed by atoms with Crippen LogP contribution in [0.3, 0.4) is 0 Å². The van der Waals surface area contributed by atoms with Crippen molar-refractivity contribution in [3.63, 3.8) is 0 Å². The molecule has 5 nitrogen and oxygen atoms in total. The molecule has 2 heterocycles. The number of nitrogens with zero attached hydrogens (tertiary/aromatic N) is 2. The minimum atomic E-state index is -0.335. The lowest BCUT2D eigenvalue weighted by Crippen LogP contribution is -2.23. The van der Waals surface area contributed by atoms with E-state index in [0.717, 1.165) is 21.4 Å². The van der Waals surface area contributed by atoms with E-state index in [9.17, 15) is 9.90 Å². The molecule has 0 saturated heterocycles. The number of imidazole rings is 1. The summed E-state index contributed by atoms with van der Waals surface area (Å²) in [6, 6.07) is 8.75. The van der Waals surface area contributed by atoms with E-state index in [1.165, 1.54) is 6.07 Å². The van der Waals surface area contributed by atoms with Crippen molar-refractivity contribution in [2.45, 2.75) is 13.5 Å². The van der Waals surface area contributed by atoms with E-state index >= 15 is 0 Å². The molecule has 2 N–H and O–H groups in total. The number of aromatic hydroxyl groups is 1. The number of aryl methyl sites for hydroxylation is 1. The fraction of sp³-hybridized carbons (Fsp3) is 0.125. The lowest BCUT2D eigenvalue weighted by atomic mass is 10.2. The molecule has 0 bridgehead atoms. The first-order valence-electron chi connectivity index (χ1n) is 6.74. The SMILES string of the molecule is Cc1ccn2cc(CNC(=O)c3ccc(Br)cc3O)nc2c1. The standard InChI is InChI=1S/C16H14BrN3O2/c1-10-4-5-20-9-12(19-15(20)6-10)8-18-16(22)13-3-2-11(17)7-14(13)21/h2-7,9,21H,8H2,1H3,(H,18,22).